The van der Waals surface area contributed by atoms with Gasteiger partial charge in [0.1, 0.15) is 17.8 Å². The van der Waals surface area contributed by atoms with Gasteiger partial charge in [0.05, 0.1) is 0 Å². The second-order valence-corrected chi connectivity index (χ2v) is 11.6. The third-order valence-electron chi connectivity index (χ3n) is 7.77. The molecular weight excluding hydrogens is 597 g/mol. The van der Waals surface area contributed by atoms with Crippen molar-refractivity contribution in [1.82, 2.24) is 24.6 Å². The number of nitrogens with zero attached hydrogens (tertiary/aromatic N) is 4. The van der Waals surface area contributed by atoms with E-state index in [0.717, 1.165) is 5.56 Å². The third kappa shape index (κ3) is 6.26. The van der Waals surface area contributed by atoms with Gasteiger partial charge < -0.3 is 19.8 Å². The number of carbonyl (C=O) groups excluding carboxylic acids is 2. The van der Waals surface area contributed by atoms with Crippen LogP contribution in [0.4, 0.5) is 18.9 Å². The number of hydrogen-bond donors (Lipinski definition) is 2. The highest BCUT2D eigenvalue weighted by atomic mass is 35.5. The monoisotopic (exact) mass is 626 g/mol. The number of pyridine rings is 1. The number of alkyl halides is 3. The normalized spacial score (nSPS) is 14.7. The Morgan fingerprint density at radius 2 is 1.68 bits per heavy atom. The van der Waals surface area contributed by atoms with Crippen molar-refractivity contribution in [2.24, 2.45) is 12.5 Å². The second-order valence-electron chi connectivity index (χ2n) is 11.2. The van der Waals surface area contributed by atoms with Gasteiger partial charge in [0.15, 0.2) is 5.82 Å². The summed E-state index contributed by atoms with van der Waals surface area (Å²) in [5.74, 6) is -1.36. The smallest absolute Gasteiger partial charge is 0.343 e. The van der Waals surface area contributed by atoms with Gasteiger partial charge in [0.2, 0.25) is 11.8 Å². The Balaban J connectivity index is 1.43. The van der Waals surface area contributed by atoms with Gasteiger partial charge in [-0.15, -0.1) is 10.2 Å². The first-order valence-corrected chi connectivity index (χ1v) is 14.3. The van der Waals surface area contributed by atoms with Crippen LogP contribution < -0.4 is 16.2 Å². The van der Waals surface area contributed by atoms with E-state index >= 15 is 0 Å². The van der Waals surface area contributed by atoms with Gasteiger partial charge in [0.25, 0.3) is 5.56 Å². The number of aryl methyl sites for hydroxylation is 1. The van der Waals surface area contributed by atoms with Crippen molar-refractivity contribution in [3.63, 3.8) is 0 Å². The molecule has 0 spiro atoms. The Morgan fingerprint density at radius 3 is 2.27 bits per heavy atom. The lowest BCUT2D eigenvalue weighted by molar-refractivity contribution is -0.192. The standard InChI is InChI=1S/C31H30ClF3N6O3/c1-18(2)41-16-21(7-11-26(41)42)20-6-10-24(32)22(14-20)15-25(38-29(44)30(12-13-30)31(33,34)35)28(43)37-23-8-4-19(5-9-23)27-39-36-17-40(27)3/h4-11,14,16-18,25H,12-13,15H2,1-3H3,(H,37,43)(H,38,44)/t25-/m0/s1. The summed E-state index contributed by atoms with van der Waals surface area (Å²) in [4.78, 5) is 38.7. The van der Waals surface area contributed by atoms with Crippen molar-refractivity contribution < 1.29 is 22.8 Å². The predicted octanol–water partition coefficient (Wildman–Crippen LogP) is 5.55. The molecule has 9 nitrogen and oxygen atoms in total. The largest absolute Gasteiger partial charge is 0.403 e. The summed E-state index contributed by atoms with van der Waals surface area (Å²) in [6.07, 6.45) is -2.36. The zero-order chi connectivity index (χ0) is 31.8. The highest BCUT2D eigenvalue weighted by molar-refractivity contribution is 6.31. The van der Waals surface area contributed by atoms with Gasteiger partial charge in [-0.25, -0.2) is 0 Å². The Kier molecular flexibility index (Phi) is 8.39. The number of carbonyl (C=O) groups is 2. The lowest BCUT2D eigenvalue weighted by atomic mass is 9.98. The second kappa shape index (κ2) is 11.9. The molecule has 1 atom stereocenters. The van der Waals surface area contributed by atoms with Crippen LogP contribution in [0.25, 0.3) is 22.5 Å². The van der Waals surface area contributed by atoms with Crippen LogP contribution >= 0.6 is 11.6 Å². The molecule has 1 aliphatic carbocycles. The molecule has 44 heavy (non-hydrogen) atoms. The number of halogens is 4. The van der Waals surface area contributed by atoms with E-state index in [1.54, 1.807) is 77.2 Å². The summed E-state index contributed by atoms with van der Waals surface area (Å²) in [5.41, 5.74) is 0.242. The van der Waals surface area contributed by atoms with Crippen LogP contribution in [-0.4, -0.2) is 43.4 Å². The molecule has 13 heteroatoms. The van der Waals surface area contributed by atoms with Gasteiger partial charge in [-0.3, -0.25) is 14.4 Å². The van der Waals surface area contributed by atoms with E-state index in [9.17, 15) is 27.6 Å². The number of hydrogen-bond acceptors (Lipinski definition) is 5. The van der Waals surface area contributed by atoms with Gasteiger partial charge in [-0.2, -0.15) is 13.2 Å². The van der Waals surface area contributed by atoms with Crippen molar-refractivity contribution >= 4 is 29.1 Å². The fourth-order valence-electron chi connectivity index (χ4n) is 4.96. The summed E-state index contributed by atoms with van der Waals surface area (Å²) in [5, 5.41) is 13.2. The SMILES string of the molecule is CC(C)n1cc(-c2ccc(Cl)c(C[C@H](NC(=O)C3(C(F)(F)F)CC3)C(=O)Nc3ccc(-c4nncn4C)cc3)c2)ccc1=O. The maximum atomic E-state index is 13.8. The van der Waals surface area contributed by atoms with Gasteiger partial charge in [0, 0.05) is 48.0 Å². The van der Waals surface area contributed by atoms with E-state index in [1.807, 2.05) is 13.8 Å². The molecule has 1 aliphatic rings. The number of anilines is 1. The molecule has 2 aromatic carbocycles. The first kappa shape index (κ1) is 31.0. The number of amides is 2. The average Bonchev–Trinajstić information content (AvgIpc) is 3.70. The van der Waals surface area contributed by atoms with E-state index in [-0.39, 0.29) is 35.9 Å². The van der Waals surface area contributed by atoms with Crippen molar-refractivity contribution in [3.05, 3.63) is 88.1 Å². The van der Waals surface area contributed by atoms with E-state index in [4.69, 9.17) is 11.6 Å². The van der Waals surface area contributed by atoms with Crippen LogP contribution in [0.3, 0.4) is 0 Å². The molecule has 2 amide bonds. The fraction of sp³-hybridized carbons (Fsp3) is 0.323. The van der Waals surface area contributed by atoms with Gasteiger partial charge >= 0.3 is 6.18 Å². The molecular formula is C31H30ClF3N6O3. The Bertz CT molecular complexity index is 1760. The number of rotatable bonds is 9. The molecule has 2 N–H and O–H groups in total. The molecule has 0 radical (unpaired) electrons. The minimum absolute atomic E-state index is 0.0876. The van der Waals surface area contributed by atoms with E-state index in [2.05, 4.69) is 20.8 Å². The molecule has 2 heterocycles. The maximum Gasteiger partial charge on any atom is 0.403 e. The van der Waals surface area contributed by atoms with Gasteiger partial charge in [-0.05, 0) is 85.8 Å². The minimum Gasteiger partial charge on any atom is -0.343 e. The number of nitrogens with one attached hydrogen (secondary N) is 2. The van der Waals surface area contributed by atoms with E-state index in [1.165, 1.54) is 6.07 Å². The highest BCUT2D eigenvalue weighted by Gasteiger charge is 2.68. The molecule has 1 saturated carbocycles. The summed E-state index contributed by atoms with van der Waals surface area (Å²) in [7, 11) is 1.78. The van der Waals surface area contributed by atoms with E-state index in [0.29, 0.717) is 28.2 Å². The lowest BCUT2D eigenvalue weighted by Crippen LogP contribution is -2.50. The molecule has 4 aromatic rings. The lowest BCUT2D eigenvalue weighted by Gasteiger charge is -2.24. The Labute approximate surface area is 256 Å². The summed E-state index contributed by atoms with van der Waals surface area (Å²) in [6, 6.07) is 13.4. The van der Waals surface area contributed by atoms with Crippen LogP contribution in [0.1, 0.15) is 38.3 Å². The van der Waals surface area contributed by atoms with Crippen LogP contribution in [0.15, 0.2) is 71.9 Å². The maximum absolute atomic E-state index is 13.8. The van der Waals surface area contributed by atoms with Crippen molar-refractivity contribution in [2.75, 3.05) is 5.32 Å². The quantitative estimate of drug-likeness (QED) is 0.253. The van der Waals surface area contributed by atoms with Crippen LogP contribution in [0, 0.1) is 5.41 Å². The average molecular weight is 627 g/mol. The van der Waals surface area contributed by atoms with Crippen molar-refractivity contribution in [3.8, 4) is 22.5 Å². The topological polar surface area (TPSA) is 111 Å². The van der Waals surface area contributed by atoms with Gasteiger partial charge in [-0.1, -0.05) is 17.7 Å². The summed E-state index contributed by atoms with van der Waals surface area (Å²) < 4.78 is 44.6. The Morgan fingerprint density at radius 1 is 1.02 bits per heavy atom. The predicted molar refractivity (Wildman–Crippen MR) is 160 cm³/mol. The first-order chi connectivity index (χ1) is 20.8. The molecule has 0 saturated heterocycles. The molecule has 1 fully saturated rings. The summed E-state index contributed by atoms with van der Waals surface area (Å²) in [6.45, 7) is 3.75. The van der Waals surface area contributed by atoms with E-state index < -0.39 is 29.4 Å². The zero-order valence-electron chi connectivity index (χ0n) is 24.2. The molecule has 2 aromatic heterocycles. The number of aromatic nitrogens is 4. The highest BCUT2D eigenvalue weighted by Crippen LogP contribution is 2.57. The summed E-state index contributed by atoms with van der Waals surface area (Å²) >= 11 is 6.50. The van der Waals surface area contributed by atoms with Crippen molar-refractivity contribution in [1.29, 1.82) is 0 Å². The molecule has 0 unspecified atom stereocenters. The third-order valence-corrected chi connectivity index (χ3v) is 8.14. The first-order valence-electron chi connectivity index (χ1n) is 13.9. The van der Waals surface area contributed by atoms with Crippen LogP contribution in [-0.2, 0) is 23.1 Å². The number of benzene rings is 2. The fourth-order valence-corrected chi connectivity index (χ4v) is 5.15. The molecule has 0 aliphatic heterocycles. The van der Waals surface area contributed by atoms with Crippen LogP contribution in [0.5, 0.6) is 0 Å². The van der Waals surface area contributed by atoms with Crippen molar-refractivity contribution in [2.45, 2.75) is 51.4 Å². The van der Waals surface area contributed by atoms with Crippen LogP contribution in [0.2, 0.25) is 5.02 Å². The molecule has 0 bridgehead atoms. The minimum atomic E-state index is -4.75. The molecule has 230 valence electrons. The molecule has 5 rings (SSSR count). The Hall–Kier alpha value is -4.45. The zero-order valence-corrected chi connectivity index (χ0v) is 24.9.